The van der Waals surface area contributed by atoms with Gasteiger partial charge < -0.3 is 14.2 Å². The molecule has 0 aromatic heterocycles. The van der Waals surface area contributed by atoms with Gasteiger partial charge in [-0.15, -0.1) is 0 Å². The zero-order valence-corrected chi connectivity index (χ0v) is 52.4. The molecular weight excluding hydrogens is 973 g/mol. The first-order chi connectivity index (χ1) is 39.0. The smallest absolute Gasteiger partial charge is 0.306 e. The van der Waals surface area contributed by atoms with Crippen molar-refractivity contribution in [2.24, 2.45) is 0 Å². The van der Waals surface area contributed by atoms with Gasteiger partial charge in [-0.2, -0.15) is 0 Å². The maximum absolute atomic E-state index is 12.9. The zero-order valence-electron chi connectivity index (χ0n) is 52.4. The number of rotatable bonds is 62. The van der Waals surface area contributed by atoms with Crippen LogP contribution in [0.25, 0.3) is 0 Å². The van der Waals surface area contributed by atoms with Crippen molar-refractivity contribution >= 4 is 17.9 Å². The maximum atomic E-state index is 12.9. The topological polar surface area (TPSA) is 78.9 Å². The molecule has 79 heavy (non-hydrogen) atoms. The van der Waals surface area contributed by atoms with E-state index in [9.17, 15) is 14.4 Å². The standard InChI is InChI=1S/C73H128O6/c1-4-7-10-13-16-19-22-25-28-30-32-33-34-35-36-37-38-39-40-41-42-44-45-48-51-54-57-60-63-66-72(75)78-69-70(68-77-71(74)65-62-59-56-53-50-47-27-24-21-18-15-12-9-6-3)79-73(76)67-64-61-58-55-52-49-46-43-31-29-26-23-20-17-14-11-8-5-2/h7,10,16,19,25,28-29,31-33,35-36,38-39,70H,4-6,8-9,11-15,17-18,20-24,26-27,30,34,37,40-69H2,1-3H3/b10-7-,19-16-,28-25-,31-29-,33-32-,36-35-,39-38-. The lowest BCUT2D eigenvalue weighted by molar-refractivity contribution is -0.167. The van der Waals surface area contributed by atoms with E-state index >= 15 is 0 Å². The molecule has 6 nitrogen and oxygen atoms in total. The van der Waals surface area contributed by atoms with Gasteiger partial charge in [0.1, 0.15) is 13.2 Å². The van der Waals surface area contributed by atoms with Crippen LogP contribution >= 0.6 is 0 Å². The molecule has 0 N–H and O–H groups in total. The molecule has 0 saturated heterocycles. The fourth-order valence-electron chi connectivity index (χ4n) is 9.80. The average molecular weight is 1100 g/mol. The van der Waals surface area contributed by atoms with Gasteiger partial charge in [0, 0.05) is 19.3 Å². The Hall–Kier alpha value is -3.41. The molecule has 0 saturated carbocycles. The minimum absolute atomic E-state index is 0.0752. The Kier molecular flexibility index (Phi) is 64.2. The van der Waals surface area contributed by atoms with E-state index in [1.54, 1.807) is 0 Å². The summed E-state index contributed by atoms with van der Waals surface area (Å²) in [4.78, 5) is 38.4. The summed E-state index contributed by atoms with van der Waals surface area (Å²) in [5, 5.41) is 0. The van der Waals surface area contributed by atoms with Gasteiger partial charge in [-0.05, 0) is 96.3 Å². The summed E-state index contributed by atoms with van der Waals surface area (Å²) in [5.41, 5.74) is 0. The number of carbonyl (C=O) groups excluding carboxylic acids is 3. The second-order valence-corrected chi connectivity index (χ2v) is 22.7. The lowest BCUT2D eigenvalue weighted by atomic mass is 10.0. The lowest BCUT2D eigenvalue weighted by Gasteiger charge is -2.18. The third kappa shape index (κ3) is 65.3. The second-order valence-electron chi connectivity index (χ2n) is 22.7. The molecule has 0 bridgehead atoms. The first-order valence-electron chi connectivity index (χ1n) is 34.1. The molecule has 0 aromatic rings. The fraction of sp³-hybridized carbons (Fsp3) is 0.767. The summed E-state index contributed by atoms with van der Waals surface area (Å²) in [5.74, 6) is -0.866. The molecule has 1 atom stereocenters. The molecule has 6 heteroatoms. The molecule has 0 aliphatic heterocycles. The molecule has 0 heterocycles. The van der Waals surface area contributed by atoms with E-state index in [0.29, 0.717) is 19.3 Å². The van der Waals surface area contributed by atoms with Crippen LogP contribution in [0.2, 0.25) is 0 Å². The Morgan fingerprint density at radius 1 is 0.266 bits per heavy atom. The highest BCUT2D eigenvalue weighted by Crippen LogP contribution is 2.17. The van der Waals surface area contributed by atoms with Gasteiger partial charge in [-0.1, -0.05) is 311 Å². The summed E-state index contributed by atoms with van der Waals surface area (Å²) in [6, 6.07) is 0. The van der Waals surface area contributed by atoms with Gasteiger partial charge in [0.05, 0.1) is 0 Å². The fourth-order valence-corrected chi connectivity index (χ4v) is 9.80. The molecule has 1 unspecified atom stereocenters. The molecule has 0 aliphatic carbocycles. The molecule has 0 radical (unpaired) electrons. The Morgan fingerprint density at radius 3 is 0.785 bits per heavy atom. The quantitative estimate of drug-likeness (QED) is 0.0261. The lowest BCUT2D eigenvalue weighted by Crippen LogP contribution is -2.30. The Labute approximate surface area is 490 Å². The molecule has 0 rings (SSSR count). The van der Waals surface area contributed by atoms with Crippen molar-refractivity contribution in [1.29, 1.82) is 0 Å². The van der Waals surface area contributed by atoms with Crippen LogP contribution in [-0.2, 0) is 28.6 Å². The average Bonchev–Trinajstić information content (AvgIpc) is 3.45. The number of ether oxygens (including phenoxy) is 3. The summed E-state index contributed by atoms with van der Waals surface area (Å²) >= 11 is 0. The first kappa shape index (κ1) is 75.6. The normalized spacial score (nSPS) is 12.6. The van der Waals surface area contributed by atoms with E-state index < -0.39 is 6.10 Å². The van der Waals surface area contributed by atoms with Crippen molar-refractivity contribution in [3.05, 3.63) is 85.1 Å². The first-order valence-corrected chi connectivity index (χ1v) is 34.1. The zero-order chi connectivity index (χ0) is 57.1. The number of unbranched alkanes of at least 4 members (excludes halogenated alkanes) is 37. The Bertz CT molecular complexity index is 1500. The van der Waals surface area contributed by atoms with E-state index in [1.165, 1.54) is 205 Å². The monoisotopic (exact) mass is 1100 g/mol. The van der Waals surface area contributed by atoms with Gasteiger partial charge in [-0.25, -0.2) is 0 Å². The predicted molar refractivity (Wildman–Crippen MR) is 344 cm³/mol. The third-order valence-electron chi connectivity index (χ3n) is 14.9. The van der Waals surface area contributed by atoms with Crippen LogP contribution in [0.1, 0.15) is 342 Å². The van der Waals surface area contributed by atoms with Gasteiger partial charge in [0.15, 0.2) is 6.10 Å². The molecule has 0 aliphatic rings. The molecular formula is C73H128O6. The molecule has 0 amide bonds. The van der Waals surface area contributed by atoms with Crippen LogP contribution in [0, 0.1) is 0 Å². The second kappa shape index (κ2) is 67.1. The summed E-state index contributed by atoms with van der Waals surface area (Å²) < 4.78 is 17.0. The van der Waals surface area contributed by atoms with E-state index in [-0.39, 0.29) is 31.1 Å². The molecule has 0 spiro atoms. The van der Waals surface area contributed by atoms with Crippen LogP contribution < -0.4 is 0 Å². The summed E-state index contributed by atoms with van der Waals surface area (Å²) in [6.07, 6.45) is 88.8. The highest BCUT2D eigenvalue weighted by molar-refractivity contribution is 5.71. The Morgan fingerprint density at radius 2 is 0.494 bits per heavy atom. The van der Waals surface area contributed by atoms with Crippen molar-refractivity contribution in [1.82, 2.24) is 0 Å². The predicted octanol–water partition coefficient (Wildman–Crippen LogP) is 23.4. The largest absolute Gasteiger partial charge is 0.462 e. The van der Waals surface area contributed by atoms with Crippen LogP contribution in [0.3, 0.4) is 0 Å². The minimum atomic E-state index is -0.780. The molecule has 456 valence electrons. The number of hydrogen-bond donors (Lipinski definition) is 0. The summed E-state index contributed by atoms with van der Waals surface area (Å²) in [6.45, 7) is 6.56. The van der Waals surface area contributed by atoms with E-state index in [1.807, 2.05) is 0 Å². The van der Waals surface area contributed by atoms with Crippen LogP contribution in [0.15, 0.2) is 85.1 Å². The van der Waals surface area contributed by atoms with Crippen molar-refractivity contribution in [3.63, 3.8) is 0 Å². The van der Waals surface area contributed by atoms with Gasteiger partial charge in [0.25, 0.3) is 0 Å². The third-order valence-corrected chi connectivity index (χ3v) is 14.9. The number of esters is 3. The molecule has 0 fully saturated rings. The van der Waals surface area contributed by atoms with Gasteiger partial charge in [-0.3, -0.25) is 14.4 Å². The SMILES string of the molecule is CC/C=C\C/C=C\C/C=C\C/C=C\C/C=C\C/C=C\CCCCCCCCCCCCC(=O)OCC(COC(=O)CCCCCCCCCCCCCCCC)OC(=O)CCCCCCCCC/C=C\CCCCCCCCC. The van der Waals surface area contributed by atoms with E-state index in [0.717, 1.165) is 96.3 Å². The minimum Gasteiger partial charge on any atom is -0.462 e. The van der Waals surface area contributed by atoms with Crippen molar-refractivity contribution in [2.75, 3.05) is 13.2 Å². The highest BCUT2D eigenvalue weighted by Gasteiger charge is 2.19. The Balaban J connectivity index is 4.29. The van der Waals surface area contributed by atoms with Crippen molar-refractivity contribution in [3.8, 4) is 0 Å². The highest BCUT2D eigenvalue weighted by atomic mass is 16.6. The van der Waals surface area contributed by atoms with Gasteiger partial charge >= 0.3 is 17.9 Å². The van der Waals surface area contributed by atoms with Crippen molar-refractivity contribution < 1.29 is 28.6 Å². The van der Waals surface area contributed by atoms with Crippen LogP contribution in [0.4, 0.5) is 0 Å². The summed E-state index contributed by atoms with van der Waals surface area (Å²) in [7, 11) is 0. The number of allylic oxidation sites excluding steroid dienone is 14. The van der Waals surface area contributed by atoms with Crippen LogP contribution in [-0.4, -0.2) is 37.2 Å². The van der Waals surface area contributed by atoms with Crippen molar-refractivity contribution in [2.45, 2.75) is 348 Å². The van der Waals surface area contributed by atoms with Gasteiger partial charge in [0.2, 0.25) is 0 Å². The number of hydrogen-bond acceptors (Lipinski definition) is 6. The van der Waals surface area contributed by atoms with E-state index in [4.69, 9.17) is 14.2 Å². The van der Waals surface area contributed by atoms with Crippen LogP contribution in [0.5, 0.6) is 0 Å². The van der Waals surface area contributed by atoms with E-state index in [2.05, 4.69) is 106 Å². The maximum Gasteiger partial charge on any atom is 0.306 e. The number of carbonyl (C=O) groups is 3. The molecule has 0 aromatic carbocycles.